The second kappa shape index (κ2) is 11.5. The van der Waals surface area contributed by atoms with Crippen molar-refractivity contribution in [1.29, 1.82) is 0 Å². The predicted molar refractivity (Wildman–Crippen MR) is 134 cm³/mol. The van der Waals surface area contributed by atoms with Gasteiger partial charge in [0.05, 0.1) is 11.3 Å². The Hall–Kier alpha value is -3.47. The maximum absolute atomic E-state index is 13.3. The molecule has 1 aliphatic heterocycles. The predicted octanol–water partition coefficient (Wildman–Crippen LogP) is 6.53. The van der Waals surface area contributed by atoms with Gasteiger partial charge in [0.15, 0.2) is 0 Å². The maximum atomic E-state index is 13.3. The highest BCUT2D eigenvalue weighted by Gasteiger charge is 2.34. The fourth-order valence-corrected chi connectivity index (χ4v) is 5.02. The third kappa shape index (κ3) is 7.09. The highest BCUT2D eigenvalue weighted by molar-refractivity contribution is 6.30. The molecule has 8 nitrogen and oxygen atoms in total. The lowest BCUT2D eigenvalue weighted by molar-refractivity contribution is -0.139. The molecule has 38 heavy (non-hydrogen) atoms. The quantitative estimate of drug-likeness (QED) is 0.390. The summed E-state index contributed by atoms with van der Waals surface area (Å²) in [6, 6.07) is 7.36. The van der Waals surface area contributed by atoms with Gasteiger partial charge < -0.3 is 25.4 Å². The van der Waals surface area contributed by atoms with E-state index in [9.17, 15) is 27.6 Å². The summed E-state index contributed by atoms with van der Waals surface area (Å²) in [6.07, 6.45) is -1.96. The average Bonchev–Trinajstić information content (AvgIpc) is 2.85. The fourth-order valence-electron chi connectivity index (χ4n) is 4.85. The minimum atomic E-state index is -4.69. The van der Waals surface area contributed by atoms with Gasteiger partial charge in [0, 0.05) is 30.2 Å². The Balaban J connectivity index is 1.31. The average molecular weight is 554 g/mol. The van der Waals surface area contributed by atoms with Crippen LogP contribution in [0.4, 0.5) is 34.1 Å². The summed E-state index contributed by atoms with van der Waals surface area (Å²) in [5.74, 6) is -0.694. The number of anilines is 2. The number of alkyl halides is 3. The number of nitrogens with zero attached hydrogens (tertiary/aromatic N) is 1. The molecule has 0 saturated heterocycles. The van der Waals surface area contributed by atoms with E-state index >= 15 is 0 Å². The number of hydrogen-bond acceptors (Lipinski definition) is 4. The Morgan fingerprint density at radius 2 is 1.76 bits per heavy atom. The van der Waals surface area contributed by atoms with E-state index in [0.717, 1.165) is 23.3 Å². The van der Waals surface area contributed by atoms with Gasteiger partial charge in [-0.15, -0.1) is 0 Å². The molecule has 1 fully saturated rings. The highest BCUT2D eigenvalue weighted by atomic mass is 35.5. The lowest BCUT2D eigenvalue weighted by atomic mass is 9.85. The van der Waals surface area contributed by atoms with Gasteiger partial charge in [0.2, 0.25) is 0 Å². The van der Waals surface area contributed by atoms with E-state index in [0.29, 0.717) is 50.9 Å². The molecule has 0 bridgehead atoms. The first kappa shape index (κ1) is 27.6. The molecule has 2 aromatic rings. The summed E-state index contributed by atoms with van der Waals surface area (Å²) in [7, 11) is 0. The number of aliphatic carboxylic acids is 1. The number of hydrogen-bond donors (Lipinski definition) is 3. The Labute approximate surface area is 222 Å². The number of urea groups is 1. The summed E-state index contributed by atoms with van der Waals surface area (Å²) in [5.41, 5.74) is 0.718. The number of nitrogens with one attached hydrogen (secondary N) is 2. The first-order chi connectivity index (χ1) is 18.0. The normalized spacial score (nSPS) is 19.3. The molecule has 0 unspecified atom stereocenters. The summed E-state index contributed by atoms with van der Waals surface area (Å²) in [6.45, 7) is 0.740. The fraction of sp³-hybridized carbons (Fsp3) is 0.423. The first-order valence-electron chi connectivity index (χ1n) is 12.2. The number of fused-ring (bicyclic) bond motifs is 1. The summed E-state index contributed by atoms with van der Waals surface area (Å²) < 4.78 is 45.5. The van der Waals surface area contributed by atoms with Crippen LogP contribution in [0.5, 0.6) is 0 Å². The van der Waals surface area contributed by atoms with Crippen LogP contribution >= 0.6 is 11.6 Å². The Morgan fingerprint density at radius 1 is 1.03 bits per heavy atom. The monoisotopic (exact) mass is 553 g/mol. The molecule has 2 aromatic carbocycles. The second-order valence-corrected chi connectivity index (χ2v) is 9.98. The third-order valence-corrected chi connectivity index (χ3v) is 7.03. The number of benzene rings is 2. The van der Waals surface area contributed by atoms with E-state index in [1.807, 2.05) is 0 Å². The van der Waals surface area contributed by atoms with Gasteiger partial charge in [-0.25, -0.2) is 9.59 Å². The van der Waals surface area contributed by atoms with E-state index in [-0.39, 0.29) is 23.5 Å². The van der Waals surface area contributed by atoms with E-state index in [4.69, 9.17) is 21.4 Å². The van der Waals surface area contributed by atoms with Gasteiger partial charge in [-0.1, -0.05) is 17.7 Å². The highest BCUT2D eigenvalue weighted by Crippen LogP contribution is 2.36. The van der Waals surface area contributed by atoms with Crippen molar-refractivity contribution in [3.63, 3.8) is 0 Å². The molecule has 0 aromatic heterocycles. The Morgan fingerprint density at radius 3 is 2.45 bits per heavy atom. The van der Waals surface area contributed by atoms with Crippen LogP contribution in [0.1, 0.15) is 48.8 Å². The molecular weight excluding hydrogens is 527 g/mol. The molecule has 1 saturated carbocycles. The van der Waals surface area contributed by atoms with Crippen molar-refractivity contribution >= 4 is 41.1 Å². The number of amides is 3. The third-order valence-electron chi connectivity index (χ3n) is 6.79. The zero-order valence-electron chi connectivity index (χ0n) is 20.3. The van der Waals surface area contributed by atoms with Crippen LogP contribution in [0, 0.1) is 5.92 Å². The van der Waals surface area contributed by atoms with Crippen molar-refractivity contribution in [3.05, 3.63) is 58.1 Å². The van der Waals surface area contributed by atoms with E-state index in [1.165, 1.54) is 6.07 Å². The number of rotatable bonds is 5. The van der Waals surface area contributed by atoms with E-state index in [1.54, 1.807) is 23.1 Å². The second-order valence-electron chi connectivity index (χ2n) is 9.55. The van der Waals surface area contributed by atoms with Gasteiger partial charge >= 0.3 is 24.3 Å². The van der Waals surface area contributed by atoms with Crippen LogP contribution < -0.4 is 10.6 Å². The summed E-state index contributed by atoms with van der Waals surface area (Å²) in [4.78, 5) is 37.6. The van der Waals surface area contributed by atoms with Gasteiger partial charge in [0.1, 0.15) is 6.10 Å². The Kier molecular flexibility index (Phi) is 8.35. The largest absolute Gasteiger partial charge is 0.481 e. The number of ether oxygens (including phenoxy) is 1. The molecule has 4 rings (SSSR count). The van der Waals surface area contributed by atoms with Crippen LogP contribution in [0.2, 0.25) is 5.02 Å². The zero-order valence-corrected chi connectivity index (χ0v) is 21.1. The topological polar surface area (TPSA) is 108 Å². The van der Waals surface area contributed by atoms with E-state index in [2.05, 4.69) is 10.6 Å². The van der Waals surface area contributed by atoms with Crippen molar-refractivity contribution in [2.75, 3.05) is 17.2 Å². The molecule has 2 aliphatic rings. The number of carbonyl (C=O) groups excluding carboxylic acids is 2. The van der Waals surface area contributed by atoms with Crippen molar-refractivity contribution in [2.24, 2.45) is 5.92 Å². The number of carboxylic acids is 1. The molecule has 1 aliphatic carbocycles. The minimum absolute atomic E-state index is 0.0981. The molecule has 0 radical (unpaired) electrons. The molecule has 3 amide bonds. The molecule has 0 spiro atoms. The summed E-state index contributed by atoms with van der Waals surface area (Å²) >= 11 is 5.68. The molecule has 3 N–H and O–H groups in total. The van der Waals surface area contributed by atoms with Crippen LogP contribution in [0.25, 0.3) is 0 Å². The molecule has 204 valence electrons. The van der Waals surface area contributed by atoms with Crippen molar-refractivity contribution in [3.8, 4) is 0 Å². The number of halogens is 4. The maximum Gasteiger partial charge on any atom is 0.418 e. The van der Waals surface area contributed by atoms with Gasteiger partial charge in [-0.2, -0.15) is 13.2 Å². The van der Waals surface area contributed by atoms with Crippen molar-refractivity contribution < 1.29 is 37.4 Å². The smallest absolute Gasteiger partial charge is 0.418 e. The lowest BCUT2D eigenvalue weighted by Crippen LogP contribution is -2.39. The molecule has 0 atom stereocenters. The van der Waals surface area contributed by atoms with Crippen LogP contribution in [-0.4, -0.2) is 40.7 Å². The van der Waals surface area contributed by atoms with E-state index < -0.39 is 35.5 Å². The van der Waals surface area contributed by atoms with Crippen LogP contribution in [0.15, 0.2) is 36.4 Å². The van der Waals surface area contributed by atoms with Gasteiger partial charge in [-0.3, -0.25) is 4.79 Å². The number of carbonyl (C=O) groups is 3. The Bertz CT molecular complexity index is 1220. The molecule has 12 heteroatoms. The SMILES string of the molecule is O=C(O)CC1CCC(OC(=O)N2CCc3cc(NC(=O)Nc4ccc(Cl)cc4C(F)(F)F)ccc3C2)CC1. The van der Waals surface area contributed by atoms with Crippen LogP contribution in [0.3, 0.4) is 0 Å². The minimum Gasteiger partial charge on any atom is -0.481 e. The first-order valence-corrected chi connectivity index (χ1v) is 12.6. The summed E-state index contributed by atoms with van der Waals surface area (Å²) in [5, 5.41) is 13.6. The van der Waals surface area contributed by atoms with Crippen molar-refractivity contribution in [1.82, 2.24) is 4.90 Å². The van der Waals surface area contributed by atoms with Crippen LogP contribution in [-0.2, 0) is 28.7 Å². The zero-order chi connectivity index (χ0) is 27.4. The molecular formula is C26H27ClF3N3O5. The standard InChI is InChI=1S/C26H27ClF3N3O5/c27-18-4-8-22(21(13-18)26(28,29)30)32-24(36)31-19-5-3-17-14-33(10-9-16(17)12-19)25(37)38-20-6-1-15(2-7-20)11-23(34)35/h3-5,8,12-13,15,20H,1-2,6-7,9-11,14H2,(H,34,35)(H2,31,32,36). The molecule has 1 heterocycles. The lowest BCUT2D eigenvalue weighted by Gasteiger charge is -2.32. The van der Waals surface area contributed by atoms with Crippen molar-refractivity contribution in [2.45, 2.75) is 57.3 Å². The van der Waals surface area contributed by atoms with Gasteiger partial charge in [-0.05, 0) is 79.5 Å². The van der Waals surface area contributed by atoms with Gasteiger partial charge in [0.25, 0.3) is 0 Å². The number of carboxylic acid groups (broad SMARTS) is 1.